The topological polar surface area (TPSA) is 3.24 Å². The maximum absolute atomic E-state index is 2.87. The third-order valence-electron chi connectivity index (χ3n) is 10.9. The lowest BCUT2D eigenvalue weighted by molar-refractivity contribution is 0.651. The molecule has 1 nitrogen and oxygen atoms in total. The summed E-state index contributed by atoms with van der Waals surface area (Å²) < 4.78 is 0. The molecule has 0 bridgehead atoms. The predicted molar refractivity (Wildman–Crippen MR) is 208 cm³/mol. The van der Waals surface area contributed by atoms with Gasteiger partial charge in [0.15, 0.2) is 0 Å². The fourth-order valence-electron chi connectivity index (χ4n) is 8.55. The molecule has 4 aliphatic carbocycles. The molecule has 3 heteroatoms. The lowest BCUT2D eigenvalue weighted by atomic mass is 9.80. The second-order valence-corrected chi connectivity index (χ2v) is 16.9. The Bertz CT molecular complexity index is 1900. The zero-order valence-electron chi connectivity index (χ0n) is 27.6. The summed E-state index contributed by atoms with van der Waals surface area (Å²) in [5, 5.41) is 3.24. The molecule has 0 saturated carbocycles. The SMILES string of the molecule is CC1(C)C2=C(CCC(P(C/C=C\CCP)C3=CCC(C4=CC5c6ccccc6N(c6ccccc6)C5C=C4)C=C3)=C2)c2ccccc21. The fourth-order valence-corrected chi connectivity index (χ4v) is 11.1. The second kappa shape index (κ2) is 12.8. The van der Waals surface area contributed by atoms with Crippen LogP contribution >= 0.6 is 17.2 Å². The maximum atomic E-state index is 2.87. The molecule has 3 aromatic rings. The summed E-state index contributed by atoms with van der Waals surface area (Å²) in [7, 11) is 2.47. The molecule has 0 fully saturated rings. The molecular weight excluding hydrogens is 604 g/mol. The van der Waals surface area contributed by atoms with Crippen LogP contribution in [0.15, 0.2) is 155 Å². The average molecular weight is 650 g/mol. The van der Waals surface area contributed by atoms with E-state index in [1.165, 1.54) is 40.1 Å². The molecule has 1 heterocycles. The second-order valence-electron chi connectivity index (χ2n) is 14.0. The number of fused-ring (bicyclic) bond motifs is 5. The first-order valence-electron chi connectivity index (χ1n) is 17.4. The van der Waals surface area contributed by atoms with Crippen LogP contribution in [0.2, 0.25) is 0 Å². The molecule has 0 saturated heterocycles. The molecule has 47 heavy (non-hydrogen) atoms. The van der Waals surface area contributed by atoms with Gasteiger partial charge in [-0.05, 0) is 108 Å². The molecule has 0 spiro atoms. The van der Waals surface area contributed by atoms with E-state index in [2.05, 4.69) is 162 Å². The van der Waals surface area contributed by atoms with Crippen molar-refractivity contribution in [3.05, 3.63) is 172 Å². The van der Waals surface area contributed by atoms with Gasteiger partial charge >= 0.3 is 0 Å². The van der Waals surface area contributed by atoms with Gasteiger partial charge < -0.3 is 4.90 Å². The summed E-state index contributed by atoms with van der Waals surface area (Å²) in [5.41, 5.74) is 11.7. The first kappa shape index (κ1) is 30.8. The van der Waals surface area contributed by atoms with Gasteiger partial charge in [-0.25, -0.2) is 0 Å². The molecule has 5 atom stereocenters. The molecule has 236 valence electrons. The van der Waals surface area contributed by atoms with Crippen molar-refractivity contribution >= 4 is 34.1 Å². The van der Waals surface area contributed by atoms with Crippen molar-refractivity contribution in [3.8, 4) is 0 Å². The molecule has 0 amide bonds. The number of nitrogens with zero attached hydrogens (tertiary/aromatic N) is 1. The summed E-state index contributed by atoms with van der Waals surface area (Å²) in [6.45, 7) is 4.85. The Morgan fingerprint density at radius 3 is 2.53 bits per heavy atom. The van der Waals surface area contributed by atoms with E-state index >= 15 is 0 Å². The van der Waals surface area contributed by atoms with Crippen LogP contribution in [-0.2, 0) is 5.41 Å². The number of rotatable bonds is 8. The van der Waals surface area contributed by atoms with Crippen LogP contribution in [0, 0.1) is 5.92 Å². The van der Waals surface area contributed by atoms with Gasteiger partial charge in [0, 0.05) is 28.6 Å². The van der Waals surface area contributed by atoms with Gasteiger partial charge in [-0.15, -0.1) is 9.24 Å². The Labute approximate surface area is 285 Å². The van der Waals surface area contributed by atoms with Crippen LogP contribution in [-0.4, -0.2) is 18.4 Å². The monoisotopic (exact) mass is 649 g/mol. The van der Waals surface area contributed by atoms with Gasteiger partial charge in [0.2, 0.25) is 0 Å². The third-order valence-corrected chi connectivity index (χ3v) is 13.8. The van der Waals surface area contributed by atoms with Crippen molar-refractivity contribution in [2.45, 2.75) is 56.9 Å². The van der Waals surface area contributed by atoms with Crippen molar-refractivity contribution < 1.29 is 0 Å². The minimum atomic E-state index is -0.403. The Morgan fingerprint density at radius 2 is 1.70 bits per heavy atom. The highest BCUT2D eigenvalue weighted by Crippen LogP contribution is 2.61. The first-order chi connectivity index (χ1) is 23.0. The number of benzene rings is 3. The minimum Gasteiger partial charge on any atom is -0.333 e. The quantitative estimate of drug-likeness (QED) is 0.173. The third kappa shape index (κ3) is 5.51. The summed E-state index contributed by atoms with van der Waals surface area (Å²) in [6.07, 6.45) is 29.4. The largest absolute Gasteiger partial charge is 0.333 e. The van der Waals surface area contributed by atoms with E-state index in [0.29, 0.717) is 17.9 Å². The van der Waals surface area contributed by atoms with Crippen LogP contribution in [0.4, 0.5) is 11.4 Å². The summed E-state index contributed by atoms with van der Waals surface area (Å²) in [5.74, 6) is 0.800. The molecular formula is C44H45NP2. The smallest absolute Gasteiger partial charge is 0.0629 e. The van der Waals surface area contributed by atoms with Crippen molar-refractivity contribution in [3.63, 3.8) is 0 Å². The standard InChI is InChI=1S/C44H45NP2/c1-44(2)40-17-9-7-15-36(40)37-25-24-35(30-41(37)44)47(28-12-4-11-27-46)34-22-19-31(20-23-34)32-21-26-43-39(29-32)38-16-8-10-18-42(38)45(43)33-13-5-3-6-14-33/h3-10,12-19,21-23,26,29-31,39,43H,11,20,24-25,27-28,46H2,1-2H3/b12-4-. The summed E-state index contributed by atoms with van der Waals surface area (Å²) in [4.78, 5) is 2.53. The lowest BCUT2D eigenvalue weighted by Gasteiger charge is -2.32. The van der Waals surface area contributed by atoms with E-state index in [9.17, 15) is 0 Å². The van der Waals surface area contributed by atoms with Crippen LogP contribution in [0.3, 0.4) is 0 Å². The van der Waals surface area contributed by atoms with Gasteiger partial charge in [0.25, 0.3) is 0 Å². The number of anilines is 2. The predicted octanol–water partition coefficient (Wildman–Crippen LogP) is 12.0. The zero-order chi connectivity index (χ0) is 32.0. The molecule has 3 aromatic carbocycles. The van der Waals surface area contributed by atoms with E-state index in [1.54, 1.807) is 21.8 Å². The molecule has 0 aromatic heterocycles. The molecule has 0 radical (unpaired) electrons. The van der Waals surface area contributed by atoms with E-state index in [0.717, 1.165) is 31.6 Å². The fraction of sp³-hybridized carbons (Fsp3) is 0.273. The van der Waals surface area contributed by atoms with Crippen molar-refractivity contribution in [1.82, 2.24) is 0 Å². The molecule has 8 rings (SSSR count). The number of allylic oxidation sites excluding steroid dienone is 12. The van der Waals surface area contributed by atoms with Gasteiger partial charge in [0.1, 0.15) is 0 Å². The van der Waals surface area contributed by atoms with Crippen LogP contribution in [0.25, 0.3) is 5.57 Å². The van der Waals surface area contributed by atoms with E-state index in [4.69, 9.17) is 0 Å². The highest BCUT2D eigenvalue weighted by molar-refractivity contribution is 7.66. The molecule has 0 N–H and O–H groups in total. The number of para-hydroxylation sites is 2. The number of hydrogen-bond acceptors (Lipinski definition) is 1. The lowest BCUT2D eigenvalue weighted by Crippen LogP contribution is -2.29. The molecule has 1 aliphatic heterocycles. The highest BCUT2D eigenvalue weighted by Gasteiger charge is 2.40. The zero-order valence-corrected chi connectivity index (χ0v) is 29.7. The first-order valence-corrected chi connectivity index (χ1v) is 19.8. The Kier molecular flexibility index (Phi) is 8.42. The van der Waals surface area contributed by atoms with Gasteiger partial charge in [0.05, 0.1) is 6.04 Å². The minimum absolute atomic E-state index is 0.0718. The maximum Gasteiger partial charge on any atom is 0.0629 e. The summed E-state index contributed by atoms with van der Waals surface area (Å²) >= 11 is 0. The van der Waals surface area contributed by atoms with Gasteiger partial charge in [-0.2, -0.15) is 0 Å². The molecule has 5 aliphatic rings. The Morgan fingerprint density at radius 1 is 0.894 bits per heavy atom. The highest BCUT2D eigenvalue weighted by atomic mass is 31.1. The average Bonchev–Trinajstić information content (AvgIpc) is 3.57. The van der Waals surface area contributed by atoms with Crippen molar-refractivity contribution in [1.29, 1.82) is 0 Å². The van der Waals surface area contributed by atoms with E-state index in [1.807, 2.05) is 0 Å². The van der Waals surface area contributed by atoms with Crippen molar-refractivity contribution in [2.24, 2.45) is 5.92 Å². The van der Waals surface area contributed by atoms with Crippen LogP contribution in [0.1, 0.15) is 62.1 Å². The van der Waals surface area contributed by atoms with Crippen molar-refractivity contribution in [2.75, 3.05) is 17.2 Å². The Hall–Kier alpha value is -3.50. The molecule has 5 unspecified atom stereocenters. The Balaban J connectivity index is 1.06. The van der Waals surface area contributed by atoms with Crippen LogP contribution in [0.5, 0.6) is 0 Å². The van der Waals surface area contributed by atoms with Gasteiger partial charge in [-0.1, -0.05) is 129 Å². The van der Waals surface area contributed by atoms with E-state index in [-0.39, 0.29) is 5.41 Å². The number of hydrogen-bond donors (Lipinski definition) is 0. The summed E-state index contributed by atoms with van der Waals surface area (Å²) in [6, 6.07) is 29.3. The van der Waals surface area contributed by atoms with E-state index < -0.39 is 7.92 Å². The van der Waals surface area contributed by atoms with Gasteiger partial charge in [-0.3, -0.25) is 0 Å². The normalized spacial score (nSPS) is 24.4. The van der Waals surface area contributed by atoms with Crippen LogP contribution < -0.4 is 4.90 Å².